The zero-order valence-corrected chi connectivity index (χ0v) is 21.6. The maximum atomic E-state index is 11.6. The van der Waals surface area contributed by atoms with Crippen molar-refractivity contribution < 1.29 is 11.3 Å². The maximum Gasteiger partial charge on any atom is 0.307 e. The largest absolute Gasteiger partial charge is 0.481 e. The van der Waals surface area contributed by atoms with Crippen LogP contribution in [-0.2, 0) is 4.79 Å². The van der Waals surface area contributed by atoms with Crippen molar-refractivity contribution in [3.8, 4) is 0 Å². The Morgan fingerprint density at radius 1 is 1.32 bits per heavy atom. The standard InChI is InChI=1S/C26H37NO2S2/c1-16(2)22-18(4)15-30-24(22)21(23-17(3)13-19(5)31-23)9-8-12-27-14-20(25(28)29)10-11-26(27,6)7/h9,13,15-16,20H,8,10-12,14H2,1-7H3,(H,28,29)/b21-9-/t20-/m1/s1/i13D. The molecule has 2 aromatic heterocycles. The van der Waals surface area contributed by atoms with Gasteiger partial charge in [-0.3, -0.25) is 9.69 Å². The number of hydrogen-bond acceptors (Lipinski definition) is 4. The molecule has 5 heteroatoms. The third kappa shape index (κ3) is 5.32. The molecule has 0 radical (unpaired) electrons. The van der Waals surface area contributed by atoms with Gasteiger partial charge in [-0.25, -0.2) is 0 Å². The summed E-state index contributed by atoms with van der Waals surface area (Å²) in [5.41, 5.74) is 5.07. The zero-order chi connectivity index (χ0) is 23.8. The average Bonchev–Trinajstić information content (AvgIpc) is 3.21. The molecule has 1 atom stereocenters. The molecule has 1 aliphatic heterocycles. The molecule has 1 aliphatic rings. The van der Waals surface area contributed by atoms with Crippen LogP contribution in [0.2, 0.25) is 0 Å². The summed E-state index contributed by atoms with van der Waals surface area (Å²) >= 11 is 3.53. The van der Waals surface area contributed by atoms with Gasteiger partial charge in [-0.05, 0) is 87.9 Å². The SMILES string of the molecule is [2H]c1c(C)sc(/C(=C/CCN2C[C@H](C(=O)O)CCC2(C)C)c2scc(C)c2C(C)C)c1C. The number of aliphatic carboxylic acids is 1. The van der Waals surface area contributed by atoms with Gasteiger partial charge in [0.1, 0.15) is 0 Å². The fraction of sp³-hybridized carbons (Fsp3) is 0.577. The minimum absolute atomic E-state index is 0.0202. The highest BCUT2D eigenvalue weighted by molar-refractivity contribution is 7.15. The topological polar surface area (TPSA) is 40.5 Å². The second kappa shape index (κ2) is 9.60. The van der Waals surface area contributed by atoms with Crippen LogP contribution < -0.4 is 0 Å². The molecule has 31 heavy (non-hydrogen) atoms. The summed E-state index contributed by atoms with van der Waals surface area (Å²) < 4.78 is 8.44. The molecule has 0 aliphatic carbocycles. The number of carboxylic acids is 1. The van der Waals surface area contributed by atoms with Crippen LogP contribution in [0.5, 0.6) is 0 Å². The van der Waals surface area contributed by atoms with E-state index in [9.17, 15) is 9.90 Å². The van der Waals surface area contributed by atoms with E-state index in [0.29, 0.717) is 18.5 Å². The van der Waals surface area contributed by atoms with Crippen molar-refractivity contribution in [2.75, 3.05) is 13.1 Å². The van der Waals surface area contributed by atoms with Crippen molar-refractivity contribution >= 4 is 34.2 Å². The Morgan fingerprint density at radius 2 is 2.03 bits per heavy atom. The van der Waals surface area contributed by atoms with E-state index in [-0.39, 0.29) is 11.5 Å². The lowest BCUT2D eigenvalue weighted by Crippen LogP contribution is -2.52. The smallest absolute Gasteiger partial charge is 0.307 e. The number of rotatable bonds is 7. The number of aryl methyl sites for hydroxylation is 2. The number of hydrogen-bond donors (Lipinski definition) is 1. The molecule has 0 unspecified atom stereocenters. The van der Waals surface area contributed by atoms with Gasteiger partial charge in [0, 0.05) is 38.8 Å². The Labute approximate surface area is 197 Å². The first-order valence-electron chi connectivity index (χ1n) is 11.8. The van der Waals surface area contributed by atoms with Crippen LogP contribution in [0.1, 0.15) is 85.6 Å². The van der Waals surface area contributed by atoms with E-state index in [1.807, 2.05) is 18.3 Å². The van der Waals surface area contributed by atoms with Crippen LogP contribution >= 0.6 is 22.7 Å². The van der Waals surface area contributed by atoms with Crippen LogP contribution in [0.15, 0.2) is 17.5 Å². The molecule has 0 spiro atoms. The lowest BCUT2D eigenvalue weighted by molar-refractivity contribution is -0.145. The highest BCUT2D eigenvalue weighted by atomic mass is 32.1. The summed E-state index contributed by atoms with van der Waals surface area (Å²) in [7, 11) is 0. The monoisotopic (exact) mass is 460 g/mol. The van der Waals surface area contributed by atoms with Gasteiger partial charge in [0.05, 0.1) is 7.29 Å². The molecule has 0 saturated carbocycles. The lowest BCUT2D eigenvalue weighted by atomic mass is 9.84. The van der Waals surface area contributed by atoms with E-state index in [1.165, 1.54) is 26.5 Å². The quantitative estimate of drug-likeness (QED) is 0.473. The average molecular weight is 461 g/mol. The Hall–Kier alpha value is -1.43. The Bertz CT molecular complexity index is 1020. The van der Waals surface area contributed by atoms with Gasteiger partial charge in [-0.2, -0.15) is 0 Å². The van der Waals surface area contributed by atoms with Crippen molar-refractivity contribution in [3.63, 3.8) is 0 Å². The lowest BCUT2D eigenvalue weighted by Gasteiger charge is -2.44. The fourth-order valence-electron chi connectivity index (χ4n) is 4.75. The minimum atomic E-state index is -0.676. The molecular weight excluding hydrogens is 422 g/mol. The zero-order valence-electron chi connectivity index (χ0n) is 21.0. The molecule has 0 aromatic carbocycles. The Morgan fingerprint density at radius 3 is 2.61 bits per heavy atom. The van der Waals surface area contributed by atoms with Crippen LogP contribution in [0.4, 0.5) is 0 Å². The van der Waals surface area contributed by atoms with Crippen molar-refractivity contribution in [2.45, 2.75) is 79.2 Å². The van der Waals surface area contributed by atoms with Gasteiger partial charge in [0.2, 0.25) is 0 Å². The number of carboxylic acid groups (broad SMARTS) is 1. The van der Waals surface area contributed by atoms with Gasteiger partial charge < -0.3 is 5.11 Å². The molecule has 0 amide bonds. The number of nitrogens with zero attached hydrogens (tertiary/aromatic N) is 1. The second-order valence-corrected chi connectivity index (χ2v) is 11.9. The van der Waals surface area contributed by atoms with Crippen molar-refractivity contribution in [3.05, 3.63) is 48.8 Å². The van der Waals surface area contributed by atoms with Gasteiger partial charge in [-0.15, -0.1) is 22.7 Å². The second-order valence-electron chi connectivity index (χ2n) is 9.79. The summed E-state index contributed by atoms with van der Waals surface area (Å²) in [5, 5.41) is 11.8. The minimum Gasteiger partial charge on any atom is -0.481 e. The normalized spacial score (nSPS) is 20.3. The van der Waals surface area contributed by atoms with E-state index >= 15 is 0 Å². The highest BCUT2D eigenvalue weighted by Gasteiger charge is 2.36. The van der Waals surface area contributed by atoms with E-state index < -0.39 is 5.97 Å². The third-order valence-corrected chi connectivity index (χ3v) is 8.83. The van der Waals surface area contributed by atoms with Crippen molar-refractivity contribution in [2.24, 2.45) is 5.92 Å². The van der Waals surface area contributed by atoms with Crippen LogP contribution in [-0.4, -0.2) is 34.6 Å². The van der Waals surface area contributed by atoms with Gasteiger partial charge in [0.25, 0.3) is 0 Å². The summed E-state index contributed by atoms with van der Waals surface area (Å²) in [6, 6.07) is 0.650. The predicted molar refractivity (Wildman–Crippen MR) is 135 cm³/mol. The number of thiophene rings is 2. The van der Waals surface area contributed by atoms with E-state index in [0.717, 1.165) is 36.2 Å². The molecule has 0 bridgehead atoms. The van der Waals surface area contributed by atoms with Crippen molar-refractivity contribution in [1.29, 1.82) is 0 Å². The summed E-state index contributed by atoms with van der Waals surface area (Å²) in [6.45, 7) is 16.7. The molecule has 2 aromatic rings. The molecule has 1 saturated heterocycles. The first-order chi connectivity index (χ1) is 14.9. The predicted octanol–water partition coefficient (Wildman–Crippen LogP) is 7.26. The highest BCUT2D eigenvalue weighted by Crippen LogP contribution is 2.41. The molecule has 3 heterocycles. The summed E-state index contributed by atoms with van der Waals surface area (Å²) in [4.78, 5) is 17.5. The third-order valence-electron chi connectivity index (χ3n) is 6.55. The molecule has 3 nitrogen and oxygen atoms in total. The fourth-order valence-corrected chi connectivity index (χ4v) is 7.08. The number of piperidine rings is 1. The maximum absolute atomic E-state index is 11.6. The van der Waals surface area contributed by atoms with E-state index in [1.54, 1.807) is 11.3 Å². The molecule has 1 N–H and O–H groups in total. The van der Waals surface area contributed by atoms with Crippen LogP contribution in [0, 0.1) is 26.7 Å². The Balaban J connectivity index is 1.96. The molecule has 170 valence electrons. The van der Waals surface area contributed by atoms with Gasteiger partial charge >= 0.3 is 5.97 Å². The first-order valence-corrected chi connectivity index (χ1v) is 13.0. The van der Waals surface area contributed by atoms with E-state index in [4.69, 9.17) is 1.37 Å². The van der Waals surface area contributed by atoms with Crippen LogP contribution in [0.3, 0.4) is 0 Å². The molecular formula is C26H37NO2S2. The van der Waals surface area contributed by atoms with Crippen LogP contribution in [0.25, 0.3) is 5.57 Å². The van der Waals surface area contributed by atoms with E-state index in [2.05, 4.69) is 57.9 Å². The molecule has 3 rings (SSSR count). The summed E-state index contributed by atoms with van der Waals surface area (Å²) in [5.74, 6) is -0.508. The Kier molecular flexibility index (Phi) is 7.04. The number of likely N-dealkylation sites (tertiary alicyclic amines) is 1. The van der Waals surface area contributed by atoms with Gasteiger partial charge in [0.15, 0.2) is 0 Å². The first kappa shape index (κ1) is 22.8. The molecule has 1 fully saturated rings. The van der Waals surface area contributed by atoms with Gasteiger partial charge in [-0.1, -0.05) is 19.9 Å². The van der Waals surface area contributed by atoms with Crippen molar-refractivity contribution in [1.82, 2.24) is 4.90 Å². The summed E-state index contributed by atoms with van der Waals surface area (Å²) in [6.07, 6.45) is 4.87. The number of carbonyl (C=O) groups is 1.